The Bertz CT molecular complexity index is 730. The minimum absolute atomic E-state index is 0.146. The van der Waals surface area contributed by atoms with Crippen molar-refractivity contribution in [3.05, 3.63) is 53.9 Å². The average Bonchev–Trinajstić information content (AvgIpc) is 2.96. The van der Waals surface area contributed by atoms with Crippen LogP contribution in [0.5, 0.6) is 0 Å². The van der Waals surface area contributed by atoms with E-state index in [0.717, 1.165) is 0 Å². The Morgan fingerprint density at radius 2 is 2.04 bits per heavy atom. The summed E-state index contributed by atoms with van der Waals surface area (Å²) in [6, 6.07) is 4.80. The number of nitrogens with one attached hydrogen (secondary N) is 1. The molecule has 136 valence electrons. The normalized spacial score (nSPS) is 14.2. The second kappa shape index (κ2) is 7.64. The van der Waals surface area contributed by atoms with Crippen LogP contribution in [-0.2, 0) is 16.6 Å². The summed E-state index contributed by atoms with van der Waals surface area (Å²) in [5, 5.41) is 2.50. The van der Waals surface area contributed by atoms with Gasteiger partial charge in [0, 0.05) is 25.0 Å². The minimum Gasteiger partial charge on any atom is -0.359 e. The first-order chi connectivity index (χ1) is 11.7. The molecule has 25 heavy (non-hydrogen) atoms. The van der Waals surface area contributed by atoms with Gasteiger partial charge in [-0.15, -0.1) is 0 Å². The van der Waals surface area contributed by atoms with E-state index in [-0.39, 0.29) is 5.56 Å². The summed E-state index contributed by atoms with van der Waals surface area (Å²) in [6.45, 7) is -0.355. The molecule has 0 fully saturated rings. The van der Waals surface area contributed by atoms with Crippen LogP contribution >= 0.6 is 0 Å². The van der Waals surface area contributed by atoms with E-state index in [1.807, 2.05) is 0 Å². The molecule has 2 aromatic rings. The van der Waals surface area contributed by atoms with Crippen molar-refractivity contribution < 1.29 is 27.1 Å². The van der Waals surface area contributed by atoms with Crippen LogP contribution in [0.2, 0.25) is 0 Å². The lowest BCUT2D eigenvalue weighted by atomic mass is 10.0. The largest absolute Gasteiger partial charge is 0.411 e. The van der Waals surface area contributed by atoms with Crippen LogP contribution in [0.4, 0.5) is 17.6 Å². The van der Waals surface area contributed by atoms with Gasteiger partial charge in [-0.05, 0) is 13.0 Å². The maximum atomic E-state index is 14.2. The van der Waals surface area contributed by atoms with Crippen molar-refractivity contribution in [1.29, 1.82) is 0 Å². The Labute approximate surface area is 141 Å². The molecule has 1 aromatic heterocycles. The number of nitrogens with zero attached hydrogens (tertiary/aromatic N) is 2. The van der Waals surface area contributed by atoms with E-state index < -0.39 is 36.7 Å². The first-order valence-electron chi connectivity index (χ1n) is 7.39. The number of aryl methyl sites for hydroxylation is 1. The standard InChI is InChI=1S/C16H17F4N3O2/c1-10(25-9-16(18,19)20)15(24)22-13(14-21-7-8-23(14)2)11-5-3-4-6-12(11)17/h3-8,10,13H,9H2,1-2H3,(H,22,24)/t10-,13-/m1/s1. The molecule has 0 saturated heterocycles. The van der Waals surface area contributed by atoms with Crippen LogP contribution in [0.1, 0.15) is 24.4 Å². The molecular weight excluding hydrogens is 342 g/mol. The molecule has 0 aliphatic heterocycles. The molecule has 0 aliphatic rings. The van der Waals surface area contributed by atoms with Crippen LogP contribution in [0, 0.1) is 5.82 Å². The lowest BCUT2D eigenvalue weighted by Gasteiger charge is -2.22. The van der Waals surface area contributed by atoms with Crippen LogP contribution in [0.15, 0.2) is 36.7 Å². The van der Waals surface area contributed by atoms with Crippen molar-refractivity contribution in [3.63, 3.8) is 0 Å². The number of halogens is 4. The number of hydrogen-bond acceptors (Lipinski definition) is 3. The van der Waals surface area contributed by atoms with Crippen molar-refractivity contribution >= 4 is 5.91 Å². The second-order valence-corrected chi connectivity index (χ2v) is 5.43. The van der Waals surface area contributed by atoms with Crippen molar-refractivity contribution in [3.8, 4) is 0 Å². The smallest absolute Gasteiger partial charge is 0.359 e. The maximum absolute atomic E-state index is 14.2. The van der Waals surface area contributed by atoms with Crippen molar-refractivity contribution in [1.82, 2.24) is 14.9 Å². The fourth-order valence-corrected chi connectivity index (χ4v) is 2.20. The van der Waals surface area contributed by atoms with E-state index in [1.165, 1.54) is 31.3 Å². The Morgan fingerprint density at radius 1 is 1.36 bits per heavy atom. The maximum Gasteiger partial charge on any atom is 0.411 e. The molecule has 9 heteroatoms. The van der Waals surface area contributed by atoms with E-state index in [2.05, 4.69) is 15.0 Å². The summed E-state index contributed by atoms with van der Waals surface area (Å²) in [5.41, 5.74) is 0.146. The molecule has 5 nitrogen and oxygen atoms in total. The molecular formula is C16H17F4N3O2. The highest BCUT2D eigenvalue weighted by atomic mass is 19.4. The molecule has 0 spiro atoms. The van der Waals surface area contributed by atoms with Gasteiger partial charge in [0.25, 0.3) is 0 Å². The van der Waals surface area contributed by atoms with Gasteiger partial charge in [-0.3, -0.25) is 4.79 Å². The Hall–Kier alpha value is -2.42. The first-order valence-corrected chi connectivity index (χ1v) is 7.39. The summed E-state index contributed by atoms with van der Waals surface area (Å²) in [5.74, 6) is -1.04. The number of hydrogen-bond donors (Lipinski definition) is 1. The average molecular weight is 359 g/mol. The van der Waals surface area contributed by atoms with E-state index in [0.29, 0.717) is 5.82 Å². The zero-order chi connectivity index (χ0) is 18.6. The zero-order valence-corrected chi connectivity index (χ0v) is 13.5. The molecule has 1 N–H and O–H groups in total. The predicted molar refractivity (Wildman–Crippen MR) is 81.1 cm³/mol. The summed E-state index contributed by atoms with van der Waals surface area (Å²) in [4.78, 5) is 16.3. The van der Waals surface area contributed by atoms with Gasteiger partial charge < -0.3 is 14.6 Å². The third-order valence-electron chi connectivity index (χ3n) is 3.49. The van der Waals surface area contributed by atoms with Crippen LogP contribution in [0.25, 0.3) is 0 Å². The highest BCUT2D eigenvalue weighted by Gasteiger charge is 2.31. The molecule has 1 aromatic carbocycles. The van der Waals surface area contributed by atoms with E-state index in [4.69, 9.17) is 0 Å². The van der Waals surface area contributed by atoms with E-state index >= 15 is 0 Å². The molecule has 1 amide bonds. The van der Waals surface area contributed by atoms with Crippen LogP contribution in [-0.4, -0.2) is 34.3 Å². The van der Waals surface area contributed by atoms with Gasteiger partial charge in [-0.1, -0.05) is 18.2 Å². The molecule has 2 atom stereocenters. The molecule has 0 saturated carbocycles. The number of rotatable bonds is 6. The van der Waals surface area contributed by atoms with Crippen LogP contribution < -0.4 is 5.32 Å². The van der Waals surface area contributed by atoms with Gasteiger partial charge in [-0.2, -0.15) is 13.2 Å². The molecule has 0 bridgehead atoms. The SMILES string of the molecule is C[C@@H](OCC(F)(F)F)C(=O)N[C@H](c1ccccc1F)c1nccn1C. The highest BCUT2D eigenvalue weighted by Crippen LogP contribution is 2.23. The Balaban J connectivity index is 2.21. The van der Waals surface area contributed by atoms with Gasteiger partial charge in [0.15, 0.2) is 0 Å². The summed E-state index contributed by atoms with van der Waals surface area (Å²) < 4.78 is 56.9. The quantitative estimate of drug-likeness (QED) is 0.807. The minimum atomic E-state index is -4.54. The Morgan fingerprint density at radius 3 is 2.60 bits per heavy atom. The van der Waals surface area contributed by atoms with Crippen molar-refractivity contribution in [2.45, 2.75) is 25.2 Å². The Kier molecular flexibility index (Phi) is 5.78. The fraction of sp³-hybridized carbons (Fsp3) is 0.375. The number of carbonyl (C=O) groups excluding carboxylic acids is 1. The number of aromatic nitrogens is 2. The van der Waals surface area contributed by atoms with Gasteiger partial charge in [0.05, 0.1) is 0 Å². The van der Waals surface area contributed by atoms with Gasteiger partial charge >= 0.3 is 6.18 Å². The highest BCUT2D eigenvalue weighted by molar-refractivity contribution is 5.81. The lowest BCUT2D eigenvalue weighted by Crippen LogP contribution is -2.40. The third-order valence-corrected chi connectivity index (χ3v) is 3.49. The molecule has 0 aliphatic carbocycles. The summed E-state index contributed by atoms with van der Waals surface area (Å²) >= 11 is 0. The first kappa shape index (κ1) is 18.9. The zero-order valence-electron chi connectivity index (χ0n) is 13.5. The summed E-state index contributed by atoms with van der Waals surface area (Å²) in [7, 11) is 1.66. The van der Waals surface area contributed by atoms with Crippen molar-refractivity contribution in [2.75, 3.05) is 6.61 Å². The van der Waals surface area contributed by atoms with Gasteiger partial charge in [0.2, 0.25) is 5.91 Å². The second-order valence-electron chi connectivity index (χ2n) is 5.43. The molecule has 0 radical (unpaired) electrons. The number of alkyl halides is 3. The molecule has 1 heterocycles. The molecule has 2 rings (SSSR count). The van der Waals surface area contributed by atoms with Gasteiger partial charge in [-0.25, -0.2) is 9.37 Å². The van der Waals surface area contributed by atoms with Crippen LogP contribution in [0.3, 0.4) is 0 Å². The van der Waals surface area contributed by atoms with E-state index in [1.54, 1.807) is 23.9 Å². The summed E-state index contributed by atoms with van der Waals surface area (Å²) in [6.07, 6.45) is -2.83. The number of ether oxygens (including phenoxy) is 1. The number of carbonyl (C=O) groups is 1. The topological polar surface area (TPSA) is 56.1 Å². The number of amides is 1. The number of imidazole rings is 1. The van der Waals surface area contributed by atoms with Crippen molar-refractivity contribution in [2.24, 2.45) is 7.05 Å². The molecule has 0 unspecified atom stereocenters. The number of benzene rings is 1. The van der Waals surface area contributed by atoms with Gasteiger partial charge in [0.1, 0.15) is 30.4 Å². The monoisotopic (exact) mass is 359 g/mol. The predicted octanol–water partition coefficient (Wildman–Crippen LogP) is 2.73. The lowest BCUT2D eigenvalue weighted by molar-refractivity contribution is -0.185. The van der Waals surface area contributed by atoms with E-state index in [9.17, 15) is 22.4 Å². The third kappa shape index (κ3) is 5.02. The fourth-order valence-electron chi connectivity index (χ4n) is 2.20.